The zero-order chi connectivity index (χ0) is 18.8. The van der Waals surface area contributed by atoms with Crippen LogP contribution in [0.3, 0.4) is 0 Å². The lowest BCUT2D eigenvalue weighted by atomic mass is 10.2. The Morgan fingerprint density at radius 3 is 1.26 bits per heavy atom. The van der Waals surface area contributed by atoms with Gasteiger partial charge in [-0.1, -0.05) is 0 Å². The van der Waals surface area contributed by atoms with Gasteiger partial charge in [0.2, 0.25) is 0 Å². The van der Waals surface area contributed by atoms with E-state index in [-0.39, 0.29) is 28.7 Å². The predicted molar refractivity (Wildman–Crippen MR) is 115 cm³/mol. The van der Waals surface area contributed by atoms with E-state index < -0.39 is 0 Å². The maximum atomic E-state index is 7.35. The highest BCUT2D eigenvalue weighted by Crippen LogP contribution is 2.14. The zero-order valence-corrected chi connectivity index (χ0v) is 17.0. The van der Waals surface area contributed by atoms with Crippen LogP contribution in [0.15, 0.2) is 48.5 Å². The average molecular weight is 435 g/mol. The summed E-state index contributed by atoms with van der Waals surface area (Å²) in [5.41, 5.74) is 12.2. The van der Waals surface area contributed by atoms with Gasteiger partial charge >= 0.3 is 0 Å². The third-order valence-corrected chi connectivity index (χ3v) is 3.91. The van der Waals surface area contributed by atoms with Crippen molar-refractivity contribution in [2.45, 2.75) is 25.7 Å². The van der Waals surface area contributed by atoms with E-state index in [0.717, 1.165) is 37.2 Å². The van der Waals surface area contributed by atoms with E-state index in [2.05, 4.69) is 0 Å². The first kappa shape index (κ1) is 22.5. The first-order valence-electron chi connectivity index (χ1n) is 8.71. The second kappa shape index (κ2) is 12.0. The second-order valence-corrected chi connectivity index (χ2v) is 5.99. The first-order chi connectivity index (χ1) is 12.6. The maximum Gasteiger partial charge on any atom is 0.122 e. The van der Waals surface area contributed by atoms with Gasteiger partial charge in [0.05, 0.1) is 13.2 Å². The molecular formula is C20H27BrN4O2. The third kappa shape index (κ3) is 8.13. The zero-order valence-electron chi connectivity index (χ0n) is 15.2. The Morgan fingerprint density at radius 2 is 0.963 bits per heavy atom. The van der Waals surface area contributed by atoms with Crippen LogP contribution in [-0.2, 0) is 0 Å². The van der Waals surface area contributed by atoms with Gasteiger partial charge in [-0.05, 0) is 74.2 Å². The quantitative estimate of drug-likeness (QED) is 0.244. The smallest absolute Gasteiger partial charge is 0.122 e. The molecule has 0 spiro atoms. The number of nitrogens with one attached hydrogen (secondary N) is 2. The van der Waals surface area contributed by atoms with Gasteiger partial charge in [0.1, 0.15) is 23.2 Å². The minimum Gasteiger partial charge on any atom is -0.494 e. The molecule has 2 aromatic rings. The summed E-state index contributed by atoms with van der Waals surface area (Å²) >= 11 is 0. The van der Waals surface area contributed by atoms with Crippen molar-refractivity contribution in [3.8, 4) is 11.5 Å². The molecule has 0 heterocycles. The predicted octanol–water partition coefficient (Wildman–Crippen LogP) is 3.85. The Bertz CT molecular complexity index is 654. The first-order valence-corrected chi connectivity index (χ1v) is 8.71. The average Bonchev–Trinajstić information content (AvgIpc) is 2.64. The van der Waals surface area contributed by atoms with Crippen LogP contribution in [0.2, 0.25) is 0 Å². The van der Waals surface area contributed by atoms with E-state index in [1.54, 1.807) is 24.3 Å². The van der Waals surface area contributed by atoms with Crippen molar-refractivity contribution in [2.75, 3.05) is 13.2 Å². The van der Waals surface area contributed by atoms with Crippen molar-refractivity contribution >= 4 is 28.7 Å². The van der Waals surface area contributed by atoms with Crippen LogP contribution in [-0.4, -0.2) is 24.9 Å². The number of halogens is 1. The van der Waals surface area contributed by atoms with Gasteiger partial charge in [0, 0.05) is 11.1 Å². The lowest BCUT2D eigenvalue weighted by molar-refractivity contribution is 0.287. The van der Waals surface area contributed by atoms with E-state index in [4.69, 9.17) is 31.8 Å². The molecule has 146 valence electrons. The number of nitrogen functional groups attached to an aromatic ring is 2. The Labute approximate surface area is 170 Å². The fraction of sp³-hybridized carbons (Fsp3) is 0.300. The highest BCUT2D eigenvalue weighted by Gasteiger charge is 1.99. The van der Waals surface area contributed by atoms with Crippen LogP contribution in [0.1, 0.15) is 36.8 Å². The molecule has 0 fully saturated rings. The van der Waals surface area contributed by atoms with Crippen molar-refractivity contribution in [1.29, 1.82) is 10.8 Å². The molecule has 6 N–H and O–H groups in total. The Hall–Kier alpha value is -2.54. The van der Waals surface area contributed by atoms with Gasteiger partial charge in [-0.3, -0.25) is 10.8 Å². The molecule has 0 amide bonds. The standard InChI is InChI=1S/C20H26N4O2.BrH/c21-19(22)15-5-9-17(10-6-15)25-13-3-1-2-4-14-26-18-11-7-16(8-12-18)20(23)24;/h5-12H,1-4,13-14H2,(H3,21,22)(H3,23,24);1H. The van der Waals surface area contributed by atoms with Gasteiger partial charge in [-0.15, -0.1) is 17.0 Å². The lowest BCUT2D eigenvalue weighted by Crippen LogP contribution is -2.10. The molecule has 0 aliphatic heterocycles. The summed E-state index contributed by atoms with van der Waals surface area (Å²) in [6, 6.07) is 14.5. The summed E-state index contributed by atoms with van der Waals surface area (Å²) in [6.07, 6.45) is 4.14. The van der Waals surface area contributed by atoms with Crippen LogP contribution >= 0.6 is 17.0 Å². The highest BCUT2D eigenvalue weighted by atomic mass is 79.9. The van der Waals surface area contributed by atoms with Crippen LogP contribution in [0.5, 0.6) is 11.5 Å². The normalized spacial score (nSPS) is 9.93. The van der Waals surface area contributed by atoms with Crippen molar-refractivity contribution in [1.82, 2.24) is 0 Å². The number of hydrogen-bond donors (Lipinski definition) is 4. The van der Waals surface area contributed by atoms with Crippen LogP contribution in [0.25, 0.3) is 0 Å². The number of unbranched alkanes of at least 4 members (excludes halogenated alkanes) is 3. The Kier molecular flexibility index (Phi) is 9.96. The number of amidine groups is 2. The SMILES string of the molecule is Br.N=C(N)c1ccc(OCCCCCCOc2ccc(C(=N)N)cc2)cc1. The van der Waals surface area contributed by atoms with Crippen LogP contribution in [0, 0.1) is 10.8 Å². The van der Waals surface area contributed by atoms with E-state index in [1.807, 2.05) is 24.3 Å². The molecular weight excluding hydrogens is 408 g/mol. The van der Waals surface area contributed by atoms with Gasteiger partial charge in [0.15, 0.2) is 0 Å². The summed E-state index contributed by atoms with van der Waals surface area (Å²) in [4.78, 5) is 0. The summed E-state index contributed by atoms with van der Waals surface area (Å²) in [7, 11) is 0. The minimum atomic E-state index is 0. The molecule has 7 heteroatoms. The molecule has 27 heavy (non-hydrogen) atoms. The van der Waals surface area contributed by atoms with Crippen LogP contribution < -0.4 is 20.9 Å². The summed E-state index contributed by atoms with van der Waals surface area (Å²) in [5.74, 6) is 1.72. The summed E-state index contributed by atoms with van der Waals surface area (Å²) in [5, 5.41) is 14.7. The number of hydrogen-bond acceptors (Lipinski definition) is 4. The van der Waals surface area contributed by atoms with Gasteiger partial charge in [-0.2, -0.15) is 0 Å². The molecule has 0 aliphatic rings. The fourth-order valence-electron chi connectivity index (χ4n) is 2.40. The van der Waals surface area contributed by atoms with E-state index in [9.17, 15) is 0 Å². The van der Waals surface area contributed by atoms with Crippen molar-refractivity contribution in [3.05, 3.63) is 59.7 Å². The van der Waals surface area contributed by atoms with E-state index in [0.29, 0.717) is 24.3 Å². The summed E-state index contributed by atoms with van der Waals surface area (Å²) < 4.78 is 11.4. The van der Waals surface area contributed by atoms with Gasteiger partial charge in [-0.25, -0.2) is 0 Å². The highest BCUT2D eigenvalue weighted by molar-refractivity contribution is 8.93. The van der Waals surface area contributed by atoms with E-state index in [1.165, 1.54) is 0 Å². The molecule has 0 aliphatic carbocycles. The Balaban J connectivity index is 0.00000364. The molecule has 2 aromatic carbocycles. The second-order valence-electron chi connectivity index (χ2n) is 5.99. The maximum absolute atomic E-state index is 7.35. The molecule has 0 radical (unpaired) electrons. The third-order valence-electron chi connectivity index (χ3n) is 3.91. The molecule has 2 rings (SSSR count). The largest absolute Gasteiger partial charge is 0.494 e. The number of ether oxygens (including phenoxy) is 2. The molecule has 0 aromatic heterocycles. The van der Waals surface area contributed by atoms with Crippen molar-refractivity contribution < 1.29 is 9.47 Å². The van der Waals surface area contributed by atoms with Crippen molar-refractivity contribution in [2.24, 2.45) is 11.5 Å². The molecule has 0 saturated carbocycles. The molecule has 0 saturated heterocycles. The van der Waals surface area contributed by atoms with Crippen molar-refractivity contribution in [3.63, 3.8) is 0 Å². The van der Waals surface area contributed by atoms with E-state index >= 15 is 0 Å². The molecule has 0 bridgehead atoms. The van der Waals surface area contributed by atoms with Gasteiger partial charge in [0.25, 0.3) is 0 Å². The van der Waals surface area contributed by atoms with Crippen LogP contribution in [0.4, 0.5) is 0 Å². The number of benzene rings is 2. The molecule has 0 atom stereocenters. The number of rotatable bonds is 11. The van der Waals surface area contributed by atoms with Gasteiger partial charge < -0.3 is 20.9 Å². The molecule has 0 unspecified atom stereocenters. The fourth-order valence-corrected chi connectivity index (χ4v) is 2.40. The minimum absolute atomic E-state index is 0. The lowest BCUT2D eigenvalue weighted by Gasteiger charge is -2.08. The number of nitrogens with two attached hydrogens (primary N) is 2. The summed E-state index contributed by atoms with van der Waals surface area (Å²) in [6.45, 7) is 1.35. The Morgan fingerprint density at radius 1 is 0.630 bits per heavy atom. The molecule has 6 nitrogen and oxygen atoms in total. The monoisotopic (exact) mass is 434 g/mol. The topological polar surface area (TPSA) is 118 Å².